The number of amides is 1. The summed E-state index contributed by atoms with van der Waals surface area (Å²) >= 11 is 0. The zero-order chi connectivity index (χ0) is 25.6. The van der Waals surface area contributed by atoms with Crippen LogP contribution in [0.4, 0.5) is 5.69 Å². The van der Waals surface area contributed by atoms with Gasteiger partial charge in [-0.3, -0.25) is 4.79 Å². The van der Waals surface area contributed by atoms with E-state index in [2.05, 4.69) is 46.5 Å². The second kappa shape index (κ2) is 9.30. The van der Waals surface area contributed by atoms with Crippen LogP contribution in [0.25, 0.3) is 5.70 Å². The maximum Gasteiger partial charge on any atom is 0.251 e. The third-order valence-electron chi connectivity index (χ3n) is 7.57. The van der Waals surface area contributed by atoms with Crippen LogP contribution in [0.1, 0.15) is 48.7 Å². The van der Waals surface area contributed by atoms with Crippen LogP contribution in [-0.4, -0.2) is 57.3 Å². The second-order valence-corrected chi connectivity index (χ2v) is 10.6. The van der Waals surface area contributed by atoms with Crippen molar-refractivity contribution in [3.8, 4) is 0 Å². The topological polar surface area (TPSA) is 87.3 Å². The Morgan fingerprint density at radius 1 is 1.22 bits per heavy atom. The molecule has 0 saturated carbocycles. The molecule has 1 aromatic carbocycles. The fraction of sp³-hybridized carbons (Fsp3) is 0.429. The van der Waals surface area contributed by atoms with E-state index in [0.29, 0.717) is 26.2 Å². The Hall–Kier alpha value is -3.72. The highest BCUT2D eigenvalue weighted by Gasteiger charge is 2.40. The Balaban J connectivity index is 1.26. The van der Waals surface area contributed by atoms with Gasteiger partial charge in [0, 0.05) is 36.0 Å². The van der Waals surface area contributed by atoms with Crippen molar-refractivity contribution in [2.75, 3.05) is 31.8 Å². The number of aromatic nitrogens is 5. The molecule has 9 heteroatoms. The quantitative estimate of drug-likeness (QED) is 0.510. The number of rotatable bonds is 6. The van der Waals surface area contributed by atoms with Crippen LogP contribution in [0.3, 0.4) is 0 Å². The average Bonchev–Trinajstić information content (AvgIpc) is 3.53. The van der Waals surface area contributed by atoms with Crippen LogP contribution in [0, 0.1) is 12.3 Å². The minimum Gasteiger partial charge on any atom is -0.495 e. The minimum atomic E-state index is -0.410. The van der Waals surface area contributed by atoms with Gasteiger partial charge in [0.25, 0.3) is 5.91 Å². The first kappa shape index (κ1) is 23.7. The molecule has 2 aromatic heterocycles. The number of hydrogen-bond acceptors (Lipinski definition) is 6. The molecule has 2 unspecified atom stereocenters. The molecule has 1 fully saturated rings. The van der Waals surface area contributed by atoms with E-state index in [1.807, 2.05) is 40.9 Å². The van der Waals surface area contributed by atoms with Gasteiger partial charge in [-0.2, -0.15) is 0 Å². The number of carbonyl (C=O) groups is 1. The molecule has 6 rings (SSSR count). The number of para-hydroxylation sites is 1. The lowest BCUT2D eigenvalue weighted by atomic mass is 9.87. The van der Waals surface area contributed by atoms with E-state index in [1.54, 1.807) is 18.1 Å². The van der Waals surface area contributed by atoms with Crippen LogP contribution in [0.2, 0.25) is 0 Å². The van der Waals surface area contributed by atoms with Crippen LogP contribution in [0.5, 0.6) is 0 Å². The van der Waals surface area contributed by atoms with Crippen molar-refractivity contribution in [3.05, 3.63) is 77.8 Å². The van der Waals surface area contributed by atoms with Gasteiger partial charge in [0.15, 0.2) is 0 Å². The summed E-state index contributed by atoms with van der Waals surface area (Å²) in [5, 5.41) is 8.96. The van der Waals surface area contributed by atoms with Gasteiger partial charge in [-0.1, -0.05) is 36.4 Å². The standard InChI is InChI=1S/C28H32N6O3/c1-19-13-32(18-29-19)24-10-9-21(12-26(24)36-3)22-14-34(31-30-22)25-11-8-20-6-4-5-7-23(20)33(27(25)35)15-28(2)16-37-17-28/h4-7,10,12-14,18,21,25H,8-9,11,15-17H2,1-3H3. The molecule has 0 radical (unpaired) electrons. The maximum absolute atomic E-state index is 14.0. The summed E-state index contributed by atoms with van der Waals surface area (Å²) < 4.78 is 14.9. The fourth-order valence-electron chi connectivity index (χ4n) is 5.48. The van der Waals surface area contributed by atoms with Gasteiger partial charge in [-0.25, -0.2) is 9.67 Å². The number of anilines is 1. The molecule has 4 heterocycles. The van der Waals surface area contributed by atoms with E-state index < -0.39 is 6.04 Å². The van der Waals surface area contributed by atoms with E-state index in [1.165, 1.54) is 5.56 Å². The fourth-order valence-corrected chi connectivity index (χ4v) is 5.48. The van der Waals surface area contributed by atoms with Gasteiger partial charge < -0.3 is 18.9 Å². The zero-order valence-corrected chi connectivity index (χ0v) is 21.5. The second-order valence-electron chi connectivity index (χ2n) is 10.6. The number of allylic oxidation sites excluding steroid dienone is 3. The van der Waals surface area contributed by atoms with Gasteiger partial charge in [0.05, 0.1) is 43.7 Å². The van der Waals surface area contributed by atoms with Crippen molar-refractivity contribution in [3.63, 3.8) is 0 Å². The molecule has 37 heavy (non-hydrogen) atoms. The number of hydrogen-bond donors (Lipinski definition) is 0. The normalized spacial score (nSPS) is 23.0. The molecule has 0 spiro atoms. The maximum atomic E-state index is 14.0. The van der Waals surface area contributed by atoms with Gasteiger partial charge in [-0.15, -0.1) is 5.10 Å². The van der Waals surface area contributed by atoms with E-state index in [9.17, 15) is 4.79 Å². The lowest BCUT2D eigenvalue weighted by Gasteiger charge is -2.42. The van der Waals surface area contributed by atoms with Crippen molar-refractivity contribution in [2.45, 2.75) is 45.1 Å². The molecule has 1 saturated heterocycles. The average molecular weight is 501 g/mol. The Morgan fingerprint density at radius 2 is 2.05 bits per heavy atom. The molecule has 2 atom stereocenters. The molecule has 1 aliphatic carbocycles. The van der Waals surface area contributed by atoms with Crippen LogP contribution in [0.15, 0.2) is 60.9 Å². The first-order chi connectivity index (χ1) is 17.9. The number of aryl methyl sites for hydroxylation is 2. The number of nitrogens with zero attached hydrogens (tertiary/aromatic N) is 6. The van der Waals surface area contributed by atoms with Crippen LogP contribution in [-0.2, 0) is 20.7 Å². The molecular weight excluding hydrogens is 468 g/mol. The predicted octanol–water partition coefficient (Wildman–Crippen LogP) is 3.90. The Bertz CT molecular complexity index is 1380. The highest BCUT2D eigenvalue weighted by atomic mass is 16.5. The van der Waals surface area contributed by atoms with Crippen molar-refractivity contribution in [2.24, 2.45) is 5.41 Å². The number of imidazole rings is 1. The predicted molar refractivity (Wildman–Crippen MR) is 139 cm³/mol. The monoisotopic (exact) mass is 500 g/mol. The van der Waals surface area contributed by atoms with Gasteiger partial charge in [0.1, 0.15) is 11.8 Å². The van der Waals surface area contributed by atoms with E-state index >= 15 is 0 Å². The molecule has 2 aliphatic heterocycles. The Labute approximate surface area is 216 Å². The van der Waals surface area contributed by atoms with Crippen LogP contribution < -0.4 is 4.90 Å². The van der Waals surface area contributed by atoms with Gasteiger partial charge >= 0.3 is 0 Å². The molecule has 0 N–H and O–H groups in total. The van der Waals surface area contributed by atoms with Crippen molar-refractivity contribution >= 4 is 17.3 Å². The van der Waals surface area contributed by atoms with E-state index in [-0.39, 0.29) is 17.2 Å². The van der Waals surface area contributed by atoms with Gasteiger partial charge in [0.2, 0.25) is 0 Å². The molecule has 0 bridgehead atoms. The van der Waals surface area contributed by atoms with Gasteiger partial charge in [-0.05, 0) is 43.9 Å². The number of ether oxygens (including phenoxy) is 2. The summed E-state index contributed by atoms with van der Waals surface area (Å²) in [5.74, 6) is 0.840. The number of carbonyl (C=O) groups excluding carboxylic acids is 1. The third kappa shape index (κ3) is 4.37. The third-order valence-corrected chi connectivity index (χ3v) is 7.57. The highest BCUT2D eigenvalue weighted by Crippen LogP contribution is 2.37. The highest BCUT2D eigenvalue weighted by molar-refractivity contribution is 5.97. The smallest absolute Gasteiger partial charge is 0.251 e. The first-order valence-electron chi connectivity index (χ1n) is 12.8. The lowest BCUT2D eigenvalue weighted by molar-refractivity contribution is -0.125. The summed E-state index contributed by atoms with van der Waals surface area (Å²) in [4.78, 5) is 20.2. The summed E-state index contributed by atoms with van der Waals surface area (Å²) in [5.41, 5.74) is 4.89. The lowest BCUT2D eigenvalue weighted by Crippen LogP contribution is -2.51. The summed E-state index contributed by atoms with van der Waals surface area (Å²) in [6.45, 7) is 6.11. The van der Waals surface area contributed by atoms with Crippen molar-refractivity contribution in [1.82, 2.24) is 24.5 Å². The number of methoxy groups -OCH3 is 1. The van der Waals surface area contributed by atoms with Crippen LogP contribution >= 0.6 is 0 Å². The Morgan fingerprint density at radius 3 is 2.78 bits per heavy atom. The molecule has 3 aliphatic rings. The summed E-state index contributed by atoms with van der Waals surface area (Å²) in [6, 6.07) is 7.81. The first-order valence-corrected chi connectivity index (χ1v) is 12.8. The van der Waals surface area contributed by atoms with Crippen molar-refractivity contribution < 1.29 is 14.3 Å². The summed E-state index contributed by atoms with van der Waals surface area (Å²) in [6.07, 6.45) is 12.2. The molecular formula is C28H32N6O3. The molecule has 1 amide bonds. The molecule has 3 aromatic rings. The zero-order valence-electron chi connectivity index (χ0n) is 21.5. The minimum absolute atomic E-state index is 0.0114. The van der Waals surface area contributed by atoms with E-state index in [0.717, 1.165) is 41.4 Å². The number of fused-ring (bicyclic) bond motifs is 1. The summed E-state index contributed by atoms with van der Waals surface area (Å²) in [7, 11) is 1.67. The number of benzene rings is 1. The molecule has 192 valence electrons. The van der Waals surface area contributed by atoms with E-state index in [4.69, 9.17) is 9.47 Å². The largest absolute Gasteiger partial charge is 0.495 e. The molecule has 9 nitrogen and oxygen atoms in total. The SMILES string of the molecule is COC1=CC(c2cn(C3CCc4ccccc4N(CC4(C)COC4)C3=O)nn2)CC=C1n1cnc(C)c1. The Kier molecular flexibility index (Phi) is 5.95. The van der Waals surface area contributed by atoms with Crippen molar-refractivity contribution in [1.29, 1.82) is 0 Å².